The monoisotopic (exact) mass is 1080 g/mol. The number of aryl methyl sites for hydroxylation is 1. The van der Waals surface area contributed by atoms with Gasteiger partial charge in [-0.25, -0.2) is 0 Å². The second kappa shape index (κ2) is 20.4. The third-order valence-electron chi connectivity index (χ3n) is 18.4. The maximum Gasteiger partial charge on any atom is 0.248 e. The standard InChI is InChI=1S/C80H65N3O/c1-6-17-59-48-62(44-47-65(59)76-64(54-28-29-54)24-16-25-71(76)66-21-11-10-20-63(66)53-30-32-56(33-31-53)78-82-81-77(84-78)55-18-8-7-9-19-55)83(60-40-34-51(35-41-60)57-38-45-69-67-22-12-14-26-72(67)79(2,3)74(69)49-57)61-42-36-52(37-43-61)58-39-46-70-68-23-13-15-27-73(68)80(4,5)75(70)50-58/h7-16,18-27,30-50,54H,6,17,28-29H2,1-5H3. The molecule has 15 rings (SSSR count). The molecule has 0 atom stereocenters. The fourth-order valence-corrected chi connectivity index (χ4v) is 13.9. The highest BCUT2D eigenvalue weighted by Crippen LogP contribution is 2.53. The summed E-state index contributed by atoms with van der Waals surface area (Å²) >= 11 is 0. The molecule has 1 heterocycles. The van der Waals surface area contributed by atoms with E-state index in [2.05, 4.69) is 268 Å². The van der Waals surface area contributed by atoms with Crippen LogP contribution in [0.15, 0.2) is 253 Å². The van der Waals surface area contributed by atoms with E-state index in [1.54, 1.807) is 0 Å². The van der Waals surface area contributed by atoms with Crippen LogP contribution in [-0.4, -0.2) is 10.2 Å². The molecule has 84 heavy (non-hydrogen) atoms. The van der Waals surface area contributed by atoms with E-state index >= 15 is 0 Å². The van der Waals surface area contributed by atoms with Crippen LogP contribution < -0.4 is 4.90 Å². The average Bonchev–Trinajstić information content (AvgIpc) is 3.18. The predicted octanol–water partition coefficient (Wildman–Crippen LogP) is 21.7. The van der Waals surface area contributed by atoms with Crippen molar-refractivity contribution in [2.75, 3.05) is 4.90 Å². The van der Waals surface area contributed by atoms with Crippen molar-refractivity contribution in [1.29, 1.82) is 0 Å². The Labute approximate surface area is 493 Å². The Balaban J connectivity index is 0.815. The first kappa shape index (κ1) is 51.3. The highest BCUT2D eigenvalue weighted by molar-refractivity contribution is 5.95. The fraction of sp³-hybridized carbons (Fsp3) is 0.150. The zero-order valence-corrected chi connectivity index (χ0v) is 48.3. The van der Waals surface area contributed by atoms with Gasteiger partial charge in [0, 0.05) is 39.0 Å². The summed E-state index contributed by atoms with van der Waals surface area (Å²) in [5, 5.41) is 8.80. The smallest absolute Gasteiger partial charge is 0.248 e. The Bertz CT molecular complexity index is 4330. The highest BCUT2D eigenvalue weighted by Gasteiger charge is 2.37. The van der Waals surface area contributed by atoms with Crippen LogP contribution in [0, 0.1) is 0 Å². The van der Waals surface area contributed by atoms with Crippen LogP contribution in [0.1, 0.15) is 93.2 Å². The zero-order valence-electron chi connectivity index (χ0n) is 48.3. The quantitative estimate of drug-likeness (QED) is 0.115. The zero-order chi connectivity index (χ0) is 56.7. The Hall–Kier alpha value is -9.64. The molecule has 0 saturated heterocycles. The highest BCUT2D eigenvalue weighted by atomic mass is 16.4. The van der Waals surface area contributed by atoms with Crippen molar-refractivity contribution in [2.24, 2.45) is 0 Å². The van der Waals surface area contributed by atoms with E-state index in [-0.39, 0.29) is 10.8 Å². The molecule has 0 N–H and O–H groups in total. The molecule has 4 heteroatoms. The van der Waals surface area contributed by atoms with Gasteiger partial charge in [0.15, 0.2) is 0 Å². The molecular weight excluding hydrogens is 1020 g/mol. The van der Waals surface area contributed by atoms with Gasteiger partial charge in [-0.15, -0.1) is 10.2 Å². The van der Waals surface area contributed by atoms with Crippen LogP contribution in [0.2, 0.25) is 0 Å². The topological polar surface area (TPSA) is 42.2 Å². The minimum absolute atomic E-state index is 0.0735. The van der Waals surface area contributed by atoms with Crippen LogP contribution in [0.3, 0.4) is 0 Å². The summed E-state index contributed by atoms with van der Waals surface area (Å²) in [7, 11) is 0. The summed E-state index contributed by atoms with van der Waals surface area (Å²) < 4.78 is 6.18. The van der Waals surface area contributed by atoms with Gasteiger partial charge >= 0.3 is 0 Å². The van der Waals surface area contributed by atoms with E-state index in [1.807, 2.05) is 30.3 Å². The van der Waals surface area contributed by atoms with Crippen molar-refractivity contribution >= 4 is 17.1 Å². The Kier molecular flexibility index (Phi) is 12.4. The predicted molar refractivity (Wildman–Crippen MR) is 348 cm³/mol. The number of benzene rings is 11. The molecule has 1 fully saturated rings. The first-order chi connectivity index (χ1) is 41.1. The lowest BCUT2D eigenvalue weighted by Crippen LogP contribution is -2.14. The van der Waals surface area contributed by atoms with E-state index in [9.17, 15) is 0 Å². The summed E-state index contributed by atoms with van der Waals surface area (Å²) in [5.41, 5.74) is 31.1. The van der Waals surface area contributed by atoms with Crippen LogP contribution >= 0.6 is 0 Å². The third-order valence-corrected chi connectivity index (χ3v) is 18.4. The number of nitrogens with zero attached hydrogens (tertiary/aromatic N) is 3. The first-order valence-electron chi connectivity index (χ1n) is 30.0. The summed E-state index contributed by atoms with van der Waals surface area (Å²) in [6.45, 7) is 11.8. The van der Waals surface area contributed by atoms with Gasteiger partial charge in [0.1, 0.15) is 0 Å². The number of rotatable bonds is 13. The van der Waals surface area contributed by atoms with Crippen molar-refractivity contribution in [3.63, 3.8) is 0 Å². The molecular formula is C80H65N3O. The van der Waals surface area contributed by atoms with E-state index in [4.69, 9.17) is 4.42 Å². The van der Waals surface area contributed by atoms with Crippen molar-refractivity contribution < 1.29 is 4.42 Å². The SMILES string of the molecule is CCCc1cc(N(c2ccc(-c3ccc4c(c3)C(C)(C)c3ccccc3-4)cc2)c2ccc(-c3ccc4c(c3)C(C)(C)c3ccccc3-4)cc2)ccc1-c1c(-c2ccccc2-c2ccc(-c3nnc(-c4ccccc4)o3)cc2)cccc1C1CC1. The van der Waals surface area contributed by atoms with Crippen LogP contribution in [0.5, 0.6) is 0 Å². The van der Waals surface area contributed by atoms with E-state index in [1.165, 1.54) is 119 Å². The molecule has 12 aromatic rings. The summed E-state index contributed by atoms with van der Waals surface area (Å²) in [5.74, 6) is 1.55. The maximum absolute atomic E-state index is 6.18. The molecule has 3 aliphatic rings. The second-order valence-corrected chi connectivity index (χ2v) is 24.3. The number of anilines is 3. The second-order valence-electron chi connectivity index (χ2n) is 24.3. The largest absolute Gasteiger partial charge is 0.416 e. The maximum atomic E-state index is 6.18. The van der Waals surface area contributed by atoms with Crippen LogP contribution in [0.4, 0.5) is 17.1 Å². The Morgan fingerprint density at radius 1 is 0.369 bits per heavy atom. The molecule has 0 amide bonds. The molecule has 3 aliphatic carbocycles. The number of fused-ring (bicyclic) bond motifs is 6. The van der Waals surface area contributed by atoms with Gasteiger partial charge in [0.25, 0.3) is 0 Å². The number of aromatic nitrogens is 2. The normalized spacial score (nSPS) is 14.2. The van der Waals surface area contributed by atoms with E-state index < -0.39 is 0 Å². The Morgan fingerprint density at radius 3 is 1.37 bits per heavy atom. The minimum Gasteiger partial charge on any atom is -0.416 e. The molecule has 0 unspecified atom stereocenters. The van der Waals surface area contributed by atoms with E-state index in [0.29, 0.717) is 17.7 Å². The molecule has 4 nitrogen and oxygen atoms in total. The minimum atomic E-state index is -0.0735. The number of hydrogen-bond acceptors (Lipinski definition) is 4. The van der Waals surface area contributed by atoms with Gasteiger partial charge in [-0.2, -0.15) is 0 Å². The lowest BCUT2D eigenvalue weighted by molar-refractivity contribution is 0.584. The van der Waals surface area contributed by atoms with Gasteiger partial charge in [-0.05, 0) is 209 Å². The summed E-state index contributed by atoms with van der Waals surface area (Å²) in [6.07, 6.45) is 4.36. The molecule has 1 aromatic heterocycles. The summed E-state index contributed by atoms with van der Waals surface area (Å²) in [6, 6.07) is 92.2. The van der Waals surface area contributed by atoms with Gasteiger partial charge in [0.05, 0.1) is 0 Å². The van der Waals surface area contributed by atoms with Gasteiger partial charge in [-0.1, -0.05) is 217 Å². The molecule has 0 spiro atoms. The molecule has 406 valence electrons. The fourth-order valence-electron chi connectivity index (χ4n) is 13.9. The molecule has 0 radical (unpaired) electrons. The molecule has 0 bridgehead atoms. The van der Waals surface area contributed by atoms with Gasteiger partial charge in [0.2, 0.25) is 11.8 Å². The Morgan fingerprint density at radius 2 is 0.810 bits per heavy atom. The average molecular weight is 1080 g/mol. The first-order valence-corrected chi connectivity index (χ1v) is 30.0. The molecule has 0 aliphatic heterocycles. The van der Waals surface area contributed by atoms with Gasteiger partial charge in [-0.3, -0.25) is 0 Å². The van der Waals surface area contributed by atoms with Gasteiger partial charge < -0.3 is 9.32 Å². The van der Waals surface area contributed by atoms with Crippen molar-refractivity contribution in [1.82, 2.24) is 10.2 Å². The van der Waals surface area contributed by atoms with Crippen molar-refractivity contribution in [2.45, 2.75) is 77.0 Å². The lowest BCUT2D eigenvalue weighted by atomic mass is 9.81. The van der Waals surface area contributed by atoms with Crippen molar-refractivity contribution in [3.05, 3.63) is 282 Å². The molecule has 11 aromatic carbocycles. The number of hydrogen-bond donors (Lipinski definition) is 0. The molecule has 1 saturated carbocycles. The van der Waals surface area contributed by atoms with Crippen molar-refractivity contribution in [3.8, 4) is 101 Å². The summed E-state index contributed by atoms with van der Waals surface area (Å²) in [4.78, 5) is 2.46. The van der Waals surface area contributed by atoms with Crippen LogP contribution in [-0.2, 0) is 17.3 Å². The lowest BCUT2D eigenvalue weighted by Gasteiger charge is -2.28. The van der Waals surface area contributed by atoms with Crippen LogP contribution in [0.25, 0.3) is 101 Å². The third kappa shape index (κ3) is 8.74. The van der Waals surface area contributed by atoms with E-state index in [0.717, 1.165) is 46.6 Å².